The standard InChI is InChI=1S/C8H5BrF3NO2/c9-2-3-1-4(8(14)15)13-6(5(3)10)7(11)12/h1,7H,2H2,(H,14,15). The Bertz CT molecular complexity index is 398. The first-order valence-electron chi connectivity index (χ1n) is 3.74. The first kappa shape index (κ1) is 12.0. The van der Waals surface area contributed by atoms with E-state index in [0.717, 1.165) is 6.07 Å². The maximum absolute atomic E-state index is 13.2. The third kappa shape index (κ3) is 2.47. The van der Waals surface area contributed by atoms with E-state index < -0.39 is 29.6 Å². The highest BCUT2D eigenvalue weighted by molar-refractivity contribution is 9.08. The number of halogens is 4. The van der Waals surface area contributed by atoms with Crippen LogP contribution in [0.5, 0.6) is 0 Å². The molecule has 0 saturated heterocycles. The van der Waals surface area contributed by atoms with Crippen LogP contribution in [-0.4, -0.2) is 16.1 Å². The zero-order valence-electron chi connectivity index (χ0n) is 7.18. The van der Waals surface area contributed by atoms with Gasteiger partial charge in [0.25, 0.3) is 6.43 Å². The second-order valence-corrected chi connectivity index (χ2v) is 3.17. The summed E-state index contributed by atoms with van der Waals surface area (Å²) in [5.41, 5.74) is -1.89. The largest absolute Gasteiger partial charge is 0.477 e. The van der Waals surface area contributed by atoms with Gasteiger partial charge in [-0.05, 0) is 6.07 Å². The summed E-state index contributed by atoms with van der Waals surface area (Å²) in [5.74, 6) is -2.65. The highest BCUT2D eigenvalue weighted by Gasteiger charge is 2.21. The predicted octanol–water partition coefficient (Wildman–Crippen LogP) is 2.75. The Morgan fingerprint density at radius 1 is 1.60 bits per heavy atom. The maximum Gasteiger partial charge on any atom is 0.354 e. The van der Waals surface area contributed by atoms with Crippen LogP contribution in [0.2, 0.25) is 0 Å². The van der Waals surface area contributed by atoms with Gasteiger partial charge in [0.1, 0.15) is 11.4 Å². The van der Waals surface area contributed by atoms with E-state index in [1.807, 2.05) is 0 Å². The molecule has 0 atom stereocenters. The van der Waals surface area contributed by atoms with Crippen molar-refractivity contribution in [3.05, 3.63) is 28.8 Å². The molecule has 0 saturated carbocycles. The number of carboxylic acids is 1. The number of hydrogen-bond acceptors (Lipinski definition) is 2. The van der Waals surface area contributed by atoms with Crippen molar-refractivity contribution in [3.63, 3.8) is 0 Å². The lowest BCUT2D eigenvalue weighted by atomic mass is 10.2. The van der Waals surface area contributed by atoms with Gasteiger partial charge in [0, 0.05) is 10.9 Å². The van der Waals surface area contributed by atoms with Crippen LogP contribution in [0.4, 0.5) is 13.2 Å². The van der Waals surface area contributed by atoms with Crippen LogP contribution in [0, 0.1) is 5.82 Å². The normalized spacial score (nSPS) is 10.7. The number of rotatable bonds is 3. The van der Waals surface area contributed by atoms with Gasteiger partial charge < -0.3 is 5.11 Å². The van der Waals surface area contributed by atoms with Crippen molar-refractivity contribution in [1.82, 2.24) is 4.98 Å². The molecule has 0 spiro atoms. The highest BCUT2D eigenvalue weighted by atomic mass is 79.9. The topological polar surface area (TPSA) is 50.2 Å². The number of pyridine rings is 1. The third-order valence-corrected chi connectivity index (χ3v) is 2.23. The first-order valence-corrected chi connectivity index (χ1v) is 4.86. The molecule has 0 aliphatic heterocycles. The van der Waals surface area contributed by atoms with Gasteiger partial charge >= 0.3 is 5.97 Å². The molecule has 15 heavy (non-hydrogen) atoms. The smallest absolute Gasteiger partial charge is 0.354 e. The van der Waals surface area contributed by atoms with Crippen LogP contribution in [0.25, 0.3) is 0 Å². The van der Waals surface area contributed by atoms with Crippen LogP contribution in [0.15, 0.2) is 6.07 Å². The molecule has 3 nitrogen and oxygen atoms in total. The maximum atomic E-state index is 13.2. The molecule has 0 fully saturated rings. The zero-order valence-corrected chi connectivity index (χ0v) is 8.76. The van der Waals surface area contributed by atoms with Crippen LogP contribution < -0.4 is 0 Å². The summed E-state index contributed by atoms with van der Waals surface area (Å²) in [6.07, 6.45) is -3.14. The van der Waals surface area contributed by atoms with Gasteiger partial charge in [-0.15, -0.1) is 0 Å². The zero-order chi connectivity index (χ0) is 11.6. The van der Waals surface area contributed by atoms with E-state index in [-0.39, 0.29) is 10.9 Å². The Morgan fingerprint density at radius 3 is 2.60 bits per heavy atom. The Labute approximate surface area is 91.1 Å². The lowest BCUT2D eigenvalue weighted by molar-refractivity contribution is 0.0688. The molecule has 7 heteroatoms. The lowest BCUT2D eigenvalue weighted by Crippen LogP contribution is -2.08. The SMILES string of the molecule is O=C(O)c1cc(CBr)c(F)c(C(F)F)n1. The van der Waals surface area contributed by atoms with E-state index in [1.54, 1.807) is 0 Å². The summed E-state index contributed by atoms with van der Waals surface area (Å²) >= 11 is 2.87. The highest BCUT2D eigenvalue weighted by Crippen LogP contribution is 2.24. The first-order chi connectivity index (χ1) is 6.97. The molecular weight excluding hydrogens is 279 g/mol. The van der Waals surface area contributed by atoms with Crippen molar-refractivity contribution in [1.29, 1.82) is 0 Å². The second-order valence-electron chi connectivity index (χ2n) is 2.61. The molecule has 0 amide bonds. The number of aromatic carboxylic acids is 1. The molecular formula is C8H5BrF3NO2. The van der Waals surface area contributed by atoms with Gasteiger partial charge in [-0.2, -0.15) is 0 Å². The lowest BCUT2D eigenvalue weighted by Gasteiger charge is -2.06. The molecule has 0 aliphatic rings. The number of carbonyl (C=O) groups is 1. The quantitative estimate of drug-likeness (QED) is 0.868. The van der Waals surface area contributed by atoms with Crippen molar-refractivity contribution in [3.8, 4) is 0 Å². The molecule has 82 valence electrons. The molecule has 0 bridgehead atoms. The minimum absolute atomic E-state index is 0.0542. The van der Waals surface area contributed by atoms with Crippen molar-refractivity contribution >= 4 is 21.9 Å². The van der Waals surface area contributed by atoms with Gasteiger partial charge in [0.15, 0.2) is 5.82 Å². The van der Waals surface area contributed by atoms with E-state index in [2.05, 4.69) is 20.9 Å². The van der Waals surface area contributed by atoms with E-state index in [4.69, 9.17) is 5.11 Å². The second kappa shape index (κ2) is 4.61. The molecule has 1 N–H and O–H groups in total. The Kier molecular flexibility index (Phi) is 3.67. The van der Waals surface area contributed by atoms with E-state index in [9.17, 15) is 18.0 Å². The van der Waals surface area contributed by atoms with Crippen molar-refractivity contribution < 1.29 is 23.1 Å². The predicted molar refractivity (Wildman–Crippen MR) is 48.7 cm³/mol. The number of alkyl halides is 3. The average Bonchev–Trinajstić information content (AvgIpc) is 2.17. The van der Waals surface area contributed by atoms with E-state index >= 15 is 0 Å². The van der Waals surface area contributed by atoms with Gasteiger partial charge in [0.05, 0.1) is 0 Å². The van der Waals surface area contributed by atoms with Crippen LogP contribution >= 0.6 is 15.9 Å². The summed E-state index contributed by atoms with van der Waals surface area (Å²) in [5, 5.41) is 8.50. The fraction of sp³-hybridized carbons (Fsp3) is 0.250. The fourth-order valence-corrected chi connectivity index (χ4v) is 1.36. The van der Waals surface area contributed by atoms with Crippen LogP contribution in [0.1, 0.15) is 28.2 Å². The average molecular weight is 284 g/mol. The van der Waals surface area contributed by atoms with Gasteiger partial charge in [-0.1, -0.05) is 15.9 Å². The van der Waals surface area contributed by atoms with Gasteiger partial charge in [-0.25, -0.2) is 22.9 Å². The minimum Gasteiger partial charge on any atom is -0.477 e. The number of hydrogen-bond donors (Lipinski definition) is 1. The Balaban J connectivity index is 3.38. The summed E-state index contributed by atoms with van der Waals surface area (Å²) in [6.45, 7) is 0. The summed E-state index contributed by atoms with van der Waals surface area (Å²) < 4.78 is 37.8. The van der Waals surface area contributed by atoms with Gasteiger partial charge in [0.2, 0.25) is 0 Å². The molecule has 1 aromatic rings. The van der Waals surface area contributed by atoms with Crippen LogP contribution in [0.3, 0.4) is 0 Å². The van der Waals surface area contributed by atoms with E-state index in [1.165, 1.54) is 0 Å². The number of nitrogens with zero attached hydrogens (tertiary/aromatic N) is 1. The Morgan fingerprint density at radius 2 is 2.20 bits per heavy atom. The van der Waals surface area contributed by atoms with Crippen LogP contribution in [-0.2, 0) is 5.33 Å². The minimum atomic E-state index is -3.14. The van der Waals surface area contributed by atoms with E-state index in [0.29, 0.717) is 0 Å². The van der Waals surface area contributed by atoms with Crippen molar-refractivity contribution in [2.24, 2.45) is 0 Å². The van der Waals surface area contributed by atoms with Crippen molar-refractivity contribution in [2.45, 2.75) is 11.8 Å². The summed E-state index contributed by atoms with van der Waals surface area (Å²) in [6, 6.07) is 0.915. The number of carboxylic acid groups (broad SMARTS) is 1. The molecule has 1 aromatic heterocycles. The van der Waals surface area contributed by atoms with Crippen molar-refractivity contribution in [2.75, 3.05) is 0 Å². The fourth-order valence-electron chi connectivity index (χ4n) is 0.955. The Hall–Kier alpha value is -1.11. The molecule has 0 aliphatic carbocycles. The molecule has 0 radical (unpaired) electrons. The summed E-state index contributed by atoms with van der Waals surface area (Å²) in [4.78, 5) is 13.5. The van der Waals surface area contributed by atoms with Gasteiger partial charge in [-0.3, -0.25) is 0 Å². The monoisotopic (exact) mass is 283 g/mol. The number of aromatic nitrogens is 1. The summed E-state index contributed by atoms with van der Waals surface area (Å²) in [7, 11) is 0. The molecule has 0 aromatic carbocycles. The third-order valence-electron chi connectivity index (χ3n) is 1.63. The molecule has 1 heterocycles. The molecule has 0 unspecified atom stereocenters. The molecule has 1 rings (SSSR count).